The van der Waals surface area contributed by atoms with Gasteiger partial charge in [0, 0.05) is 17.8 Å². The SMILES string of the molecule is C[C@H](N)c1cc(/C=C/B2OC(C)(C)C(C)(C)O2)c[nH]c1=O. The fourth-order valence-corrected chi connectivity index (χ4v) is 2.11. The Hall–Kier alpha value is -1.37. The topological polar surface area (TPSA) is 77.3 Å². The van der Waals surface area contributed by atoms with Crippen molar-refractivity contribution in [1.29, 1.82) is 0 Å². The normalized spacial score (nSPS) is 21.9. The minimum atomic E-state index is -0.402. The van der Waals surface area contributed by atoms with E-state index in [1.807, 2.05) is 39.7 Å². The third-order valence-electron chi connectivity index (χ3n) is 4.16. The van der Waals surface area contributed by atoms with E-state index in [0.29, 0.717) is 5.56 Å². The molecule has 0 amide bonds. The molecule has 0 aliphatic carbocycles. The maximum atomic E-state index is 11.6. The van der Waals surface area contributed by atoms with Crippen LogP contribution in [-0.2, 0) is 9.31 Å². The molecule has 1 saturated heterocycles. The average Bonchev–Trinajstić information content (AvgIpc) is 2.56. The minimum absolute atomic E-state index is 0.155. The lowest BCUT2D eigenvalue weighted by molar-refractivity contribution is 0.00578. The molecule has 2 rings (SSSR count). The van der Waals surface area contributed by atoms with Crippen LogP contribution in [0.2, 0.25) is 0 Å². The molecule has 0 saturated carbocycles. The molecule has 6 heteroatoms. The predicted octanol–water partition coefficient (Wildman–Crippen LogP) is 2.04. The van der Waals surface area contributed by atoms with Crippen LogP contribution >= 0.6 is 0 Å². The van der Waals surface area contributed by atoms with E-state index >= 15 is 0 Å². The summed E-state index contributed by atoms with van der Waals surface area (Å²) in [6, 6.07) is 1.48. The second-order valence-corrected chi connectivity index (χ2v) is 6.49. The van der Waals surface area contributed by atoms with E-state index in [0.717, 1.165) is 5.56 Å². The van der Waals surface area contributed by atoms with Gasteiger partial charge in [0.05, 0.1) is 11.2 Å². The molecule has 1 aromatic heterocycles. The van der Waals surface area contributed by atoms with Crippen molar-refractivity contribution in [3.8, 4) is 0 Å². The van der Waals surface area contributed by atoms with Gasteiger partial charge in [-0.3, -0.25) is 4.79 Å². The Morgan fingerprint density at radius 3 is 2.38 bits per heavy atom. The molecule has 114 valence electrons. The third-order valence-corrected chi connectivity index (χ3v) is 4.16. The Bertz CT molecular complexity index is 589. The zero-order valence-electron chi connectivity index (χ0n) is 13.3. The van der Waals surface area contributed by atoms with Crippen LogP contribution in [0.3, 0.4) is 0 Å². The zero-order valence-corrected chi connectivity index (χ0v) is 13.3. The predicted molar refractivity (Wildman–Crippen MR) is 84.8 cm³/mol. The highest BCUT2D eigenvalue weighted by molar-refractivity contribution is 6.52. The van der Waals surface area contributed by atoms with Crippen molar-refractivity contribution in [1.82, 2.24) is 4.98 Å². The summed E-state index contributed by atoms with van der Waals surface area (Å²) in [5.74, 6) is 1.84. The molecule has 1 atom stereocenters. The van der Waals surface area contributed by atoms with Gasteiger partial charge in [-0.1, -0.05) is 12.1 Å². The number of nitrogens with one attached hydrogen (secondary N) is 1. The second-order valence-electron chi connectivity index (χ2n) is 6.49. The summed E-state index contributed by atoms with van der Waals surface area (Å²) in [6.45, 7) is 9.82. The van der Waals surface area contributed by atoms with E-state index in [1.165, 1.54) is 0 Å². The van der Waals surface area contributed by atoms with Gasteiger partial charge in [0.15, 0.2) is 0 Å². The van der Waals surface area contributed by atoms with Crippen molar-refractivity contribution in [2.45, 2.75) is 51.9 Å². The van der Waals surface area contributed by atoms with Gasteiger partial charge in [-0.05, 0) is 46.2 Å². The highest BCUT2D eigenvalue weighted by Gasteiger charge is 2.49. The summed E-state index contributed by atoms with van der Waals surface area (Å²) < 4.78 is 11.8. The smallest absolute Gasteiger partial charge is 0.400 e. The Kier molecular flexibility index (Phi) is 4.15. The lowest BCUT2D eigenvalue weighted by Crippen LogP contribution is -2.41. The molecule has 1 fully saturated rings. The molecule has 0 bridgehead atoms. The first-order chi connectivity index (χ1) is 9.62. The Morgan fingerprint density at radius 1 is 1.29 bits per heavy atom. The quantitative estimate of drug-likeness (QED) is 0.835. The Morgan fingerprint density at radius 2 is 1.86 bits per heavy atom. The molecule has 0 unspecified atom stereocenters. The van der Waals surface area contributed by atoms with Crippen molar-refractivity contribution in [3.05, 3.63) is 39.7 Å². The zero-order chi connectivity index (χ0) is 15.8. The van der Waals surface area contributed by atoms with Crippen molar-refractivity contribution in [2.75, 3.05) is 0 Å². The number of hydrogen-bond acceptors (Lipinski definition) is 4. The first-order valence-corrected chi connectivity index (χ1v) is 7.14. The number of nitrogens with two attached hydrogens (primary N) is 1. The average molecular weight is 290 g/mol. The fourth-order valence-electron chi connectivity index (χ4n) is 2.11. The third kappa shape index (κ3) is 3.28. The van der Waals surface area contributed by atoms with Crippen LogP contribution in [0.4, 0.5) is 0 Å². The molecule has 1 aromatic rings. The summed E-state index contributed by atoms with van der Waals surface area (Å²) >= 11 is 0. The number of rotatable bonds is 3. The highest BCUT2D eigenvalue weighted by Crippen LogP contribution is 2.36. The summed E-state index contributed by atoms with van der Waals surface area (Å²) in [7, 11) is -0.402. The maximum Gasteiger partial charge on any atom is 0.487 e. The fraction of sp³-hybridized carbons (Fsp3) is 0.533. The molecule has 0 spiro atoms. The lowest BCUT2D eigenvalue weighted by Gasteiger charge is -2.32. The van der Waals surface area contributed by atoms with Crippen LogP contribution in [-0.4, -0.2) is 23.3 Å². The van der Waals surface area contributed by atoms with Crippen molar-refractivity contribution >= 4 is 13.2 Å². The highest BCUT2D eigenvalue weighted by atomic mass is 16.7. The molecule has 5 nitrogen and oxygen atoms in total. The number of H-pyrrole nitrogens is 1. The Balaban J connectivity index is 2.16. The molecule has 1 aliphatic heterocycles. The standard InChI is InChI=1S/C15H23BN2O3/c1-10(17)12-8-11(9-18-13(12)19)6-7-16-20-14(2,3)15(4,5)21-16/h6-10H,17H2,1-5H3,(H,18,19)/b7-6+/t10-/m0/s1. The van der Waals surface area contributed by atoms with Crippen LogP contribution in [0.1, 0.15) is 51.8 Å². The van der Waals surface area contributed by atoms with Gasteiger partial charge < -0.3 is 20.0 Å². The van der Waals surface area contributed by atoms with Gasteiger partial charge in [-0.25, -0.2) is 0 Å². The second kappa shape index (κ2) is 5.44. The molecule has 0 radical (unpaired) electrons. The van der Waals surface area contributed by atoms with Gasteiger partial charge in [0.1, 0.15) is 0 Å². The van der Waals surface area contributed by atoms with E-state index in [2.05, 4.69) is 4.98 Å². The summed E-state index contributed by atoms with van der Waals surface area (Å²) in [4.78, 5) is 14.3. The number of pyridine rings is 1. The van der Waals surface area contributed by atoms with Crippen LogP contribution < -0.4 is 11.3 Å². The van der Waals surface area contributed by atoms with Gasteiger partial charge in [0.2, 0.25) is 0 Å². The van der Waals surface area contributed by atoms with Crippen LogP contribution in [0.15, 0.2) is 23.0 Å². The van der Waals surface area contributed by atoms with Crippen molar-refractivity contribution in [2.24, 2.45) is 5.73 Å². The van der Waals surface area contributed by atoms with Crippen LogP contribution in [0, 0.1) is 0 Å². The van der Waals surface area contributed by atoms with Crippen LogP contribution in [0.5, 0.6) is 0 Å². The van der Waals surface area contributed by atoms with Crippen LogP contribution in [0.25, 0.3) is 6.08 Å². The number of aromatic nitrogens is 1. The van der Waals surface area contributed by atoms with Gasteiger partial charge in [-0.2, -0.15) is 0 Å². The largest absolute Gasteiger partial charge is 0.487 e. The number of hydrogen-bond donors (Lipinski definition) is 2. The van der Waals surface area contributed by atoms with E-state index in [1.54, 1.807) is 19.2 Å². The van der Waals surface area contributed by atoms with E-state index in [4.69, 9.17) is 15.0 Å². The van der Waals surface area contributed by atoms with Crippen molar-refractivity contribution in [3.63, 3.8) is 0 Å². The van der Waals surface area contributed by atoms with Crippen molar-refractivity contribution < 1.29 is 9.31 Å². The molecular weight excluding hydrogens is 267 g/mol. The molecule has 3 N–H and O–H groups in total. The van der Waals surface area contributed by atoms with E-state index < -0.39 is 7.12 Å². The first kappa shape index (κ1) is 16.0. The van der Waals surface area contributed by atoms with Gasteiger partial charge in [-0.15, -0.1) is 0 Å². The molecule has 0 aromatic carbocycles. The monoisotopic (exact) mass is 290 g/mol. The summed E-state index contributed by atoms with van der Waals surface area (Å²) in [5.41, 5.74) is 6.33. The first-order valence-electron chi connectivity index (χ1n) is 7.14. The summed E-state index contributed by atoms with van der Waals surface area (Å²) in [6.07, 6.45) is 3.51. The summed E-state index contributed by atoms with van der Waals surface area (Å²) in [5, 5.41) is 0. The molecular formula is C15H23BN2O3. The van der Waals surface area contributed by atoms with Gasteiger partial charge >= 0.3 is 7.12 Å². The van der Waals surface area contributed by atoms with E-state index in [9.17, 15) is 4.79 Å². The lowest BCUT2D eigenvalue weighted by atomic mass is 9.89. The Labute approximate surface area is 125 Å². The number of aromatic amines is 1. The molecule has 2 heterocycles. The maximum absolute atomic E-state index is 11.6. The molecule has 21 heavy (non-hydrogen) atoms. The van der Waals surface area contributed by atoms with Gasteiger partial charge in [0.25, 0.3) is 5.56 Å². The molecule has 1 aliphatic rings. The minimum Gasteiger partial charge on any atom is -0.400 e. The van der Waals surface area contributed by atoms with E-state index in [-0.39, 0.29) is 22.8 Å².